The molecule has 1 aliphatic carbocycles. The SMILES string of the molecule is C[Si]1(C)CCCC/C=C/CCC[Si](C)(C)C2C=C1c1ccccc12. The zero-order valence-corrected chi connectivity index (χ0v) is 18.1. The number of hydrogen-bond acceptors (Lipinski definition) is 0. The highest BCUT2D eigenvalue weighted by molar-refractivity contribution is 6.95. The normalized spacial score (nSPS) is 27.7. The van der Waals surface area contributed by atoms with E-state index in [1.54, 1.807) is 16.3 Å². The summed E-state index contributed by atoms with van der Waals surface area (Å²) >= 11 is 0. The molecule has 0 fully saturated rings. The number of rotatable bonds is 0. The van der Waals surface area contributed by atoms with E-state index < -0.39 is 16.1 Å². The Kier molecular flexibility index (Phi) is 5.36. The van der Waals surface area contributed by atoms with Gasteiger partial charge in [-0.3, -0.25) is 0 Å². The maximum atomic E-state index is 2.75. The highest BCUT2D eigenvalue weighted by atomic mass is 28.3. The molecule has 0 spiro atoms. The van der Waals surface area contributed by atoms with Gasteiger partial charge in [0.2, 0.25) is 0 Å². The Morgan fingerprint density at radius 3 is 2.33 bits per heavy atom. The number of hydrogen-bond donors (Lipinski definition) is 0. The molecule has 0 radical (unpaired) electrons. The van der Waals surface area contributed by atoms with Crippen molar-refractivity contribution in [3.63, 3.8) is 0 Å². The van der Waals surface area contributed by atoms with Crippen LogP contribution in [0.5, 0.6) is 0 Å². The van der Waals surface area contributed by atoms with E-state index in [0.29, 0.717) is 0 Å². The summed E-state index contributed by atoms with van der Waals surface area (Å²) in [6.07, 6.45) is 14.3. The highest BCUT2D eigenvalue weighted by Gasteiger charge is 2.40. The number of fused-ring (bicyclic) bond motifs is 4. The minimum Gasteiger partial charge on any atom is -0.0886 e. The summed E-state index contributed by atoms with van der Waals surface area (Å²) in [4.78, 5) is 0. The van der Waals surface area contributed by atoms with E-state index in [2.05, 4.69) is 68.7 Å². The van der Waals surface area contributed by atoms with Crippen molar-refractivity contribution in [1.82, 2.24) is 0 Å². The van der Waals surface area contributed by atoms with Gasteiger partial charge in [0.1, 0.15) is 0 Å². The minimum absolute atomic E-state index is 0.738. The quantitative estimate of drug-likeness (QED) is 0.342. The fourth-order valence-corrected chi connectivity index (χ4v) is 10.9. The van der Waals surface area contributed by atoms with Crippen LogP contribution >= 0.6 is 0 Å². The lowest BCUT2D eigenvalue weighted by molar-refractivity contribution is 0.800. The maximum Gasteiger partial charge on any atom is 0.0810 e. The van der Waals surface area contributed by atoms with Crippen LogP contribution in [0.2, 0.25) is 38.3 Å². The summed E-state index contributed by atoms with van der Waals surface area (Å²) in [5, 5.41) is 1.77. The molecule has 0 nitrogen and oxygen atoms in total. The van der Waals surface area contributed by atoms with Gasteiger partial charge in [-0.2, -0.15) is 0 Å². The van der Waals surface area contributed by atoms with Crippen molar-refractivity contribution in [2.24, 2.45) is 0 Å². The fraction of sp³-hybridized carbons (Fsp3) is 0.545. The van der Waals surface area contributed by atoms with E-state index in [1.165, 1.54) is 44.2 Å². The molecule has 2 bridgehead atoms. The number of benzene rings is 1. The van der Waals surface area contributed by atoms with Crippen LogP contribution in [0.4, 0.5) is 0 Å². The molecule has 2 heteroatoms. The van der Waals surface area contributed by atoms with Crippen molar-refractivity contribution < 1.29 is 0 Å². The van der Waals surface area contributed by atoms with Crippen LogP contribution in [0, 0.1) is 0 Å². The molecule has 0 N–H and O–H groups in total. The Morgan fingerprint density at radius 1 is 0.833 bits per heavy atom. The predicted octanol–water partition coefficient (Wildman–Crippen LogP) is 7.18. The third-order valence-electron chi connectivity index (χ3n) is 6.27. The second-order valence-electron chi connectivity index (χ2n) is 9.13. The molecule has 1 heterocycles. The molecule has 24 heavy (non-hydrogen) atoms. The van der Waals surface area contributed by atoms with Gasteiger partial charge in [-0.15, -0.1) is 0 Å². The third kappa shape index (κ3) is 3.70. The van der Waals surface area contributed by atoms with Crippen molar-refractivity contribution in [3.8, 4) is 0 Å². The smallest absolute Gasteiger partial charge is 0.0810 e. The van der Waals surface area contributed by atoms with Gasteiger partial charge in [0, 0.05) is 0 Å². The van der Waals surface area contributed by atoms with Crippen molar-refractivity contribution >= 4 is 21.3 Å². The van der Waals surface area contributed by atoms with Crippen LogP contribution in [0.3, 0.4) is 0 Å². The molecule has 0 saturated carbocycles. The summed E-state index contributed by atoms with van der Waals surface area (Å²) in [6, 6.07) is 12.3. The Hall–Kier alpha value is -0.866. The largest absolute Gasteiger partial charge is 0.0886 e. The van der Waals surface area contributed by atoms with Crippen LogP contribution < -0.4 is 0 Å². The maximum absolute atomic E-state index is 2.75. The van der Waals surface area contributed by atoms with Gasteiger partial charge in [-0.05, 0) is 29.5 Å². The third-order valence-corrected chi connectivity index (χ3v) is 13.6. The molecule has 0 aromatic heterocycles. The van der Waals surface area contributed by atoms with Gasteiger partial charge < -0.3 is 0 Å². The van der Waals surface area contributed by atoms with Gasteiger partial charge in [0.25, 0.3) is 0 Å². The van der Waals surface area contributed by atoms with Gasteiger partial charge in [-0.1, -0.05) is 105 Å². The van der Waals surface area contributed by atoms with Crippen LogP contribution in [0.25, 0.3) is 5.20 Å². The Labute approximate surface area is 151 Å². The number of allylic oxidation sites excluding steroid dienone is 3. The lowest BCUT2D eigenvalue weighted by atomic mass is 10.1. The van der Waals surface area contributed by atoms with Gasteiger partial charge in [-0.25, -0.2) is 0 Å². The van der Waals surface area contributed by atoms with Crippen LogP contribution in [-0.4, -0.2) is 16.1 Å². The summed E-state index contributed by atoms with van der Waals surface area (Å²) in [6.45, 7) is 10.5. The Bertz CT molecular complexity index is 637. The molecule has 0 amide bonds. The lowest BCUT2D eigenvalue weighted by Crippen LogP contribution is -2.33. The minimum atomic E-state index is -1.34. The first-order valence-corrected chi connectivity index (χ1v) is 16.4. The van der Waals surface area contributed by atoms with E-state index in [4.69, 9.17) is 0 Å². The van der Waals surface area contributed by atoms with E-state index >= 15 is 0 Å². The summed E-state index contributed by atoms with van der Waals surface area (Å²) < 4.78 is 0. The molecule has 1 unspecified atom stereocenters. The Morgan fingerprint density at radius 2 is 1.54 bits per heavy atom. The van der Waals surface area contributed by atoms with E-state index in [0.717, 1.165) is 5.54 Å². The van der Waals surface area contributed by atoms with Gasteiger partial charge in [0.05, 0.1) is 16.1 Å². The summed E-state index contributed by atoms with van der Waals surface area (Å²) in [7, 11) is -2.62. The van der Waals surface area contributed by atoms with Crippen LogP contribution in [0.1, 0.15) is 48.8 Å². The molecule has 1 atom stereocenters. The van der Waals surface area contributed by atoms with Crippen molar-refractivity contribution in [2.75, 3.05) is 0 Å². The average Bonchev–Trinajstić information content (AvgIpc) is 2.94. The van der Waals surface area contributed by atoms with Crippen molar-refractivity contribution in [3.05, 3.63) is 53.6 Å². The summed E-state index contributed by atoms with van der Waals surface area (Å²) in [5.41, 5.74) is 4.02. The average molecular weight is 355 g/mol. The second kappa shape index (κ2) is 7.17. The zero-order valence-electron chi connectivity index (χ0n) is 16.1. The monoisotopic (exact) mass is 354 g/mol. The predicted molar refractivity (Wildman–Crippen MR) is 114 cm³/mol. The van der Waals surface area contributed by atoms with E-state index in [-0.39, 0.29) is 0 Å². The second-order valence-corrected chi connectivity index (χ2v) is 19.0. The van der Waals surface area contributed by atoms with Gasteiger partial charge in [0.15, 0.2) is 0 Å². The van der Waals surface area contributed by atoms with Crippen LogP contribution in [-0.2, 0) is 0 Å². The Balaban J connectivity index is 1.99. The van der Waals surface area contributed by atoms with Gasteiger partial charge >= 0.3 is 0 Å². The van der Waals surface area contributed by atoms with E-state index in [1.807, 2.05) is 0 Å². The van der Waals surface area contributed by atoms with Crippen molar-refractivity contribution in [2.45, 2.75) is 75.9 Å². The molecule has 0 saturated heterocycles. The first-order valence-electron chi connectivity index (χ1n) is 9.88. The molecule has 2 aliphatic rings. The highest BCUT2D eigenvalue weighted by Crippen LogP contribution is 2.47. The molecule has 3 rings (SSSR count). The first-order chi connectivity index (χ1) is 11.4. The molecular weight excluding hydrogens is 320 g/mol. The fourth-order valence-electron chi connectivity index (χ4n) is 4.63. The van der Waals surface area contributed by atoms with Crippen LogP contribution in [0.15, 0.2) is 42.5 Å². The molecule has 1 aliphatic heterocycles. The molecule has 1 aromatic rings. The standard InChI is InChI=1S/C22H34Si2/c1-23(2)16-12-8-6-5-7-9-13-17-24(3,4)22-18-21(23)19-14-10-11-15-20(19)22/h5-6,10-11,14-15,18,21H,7-9,12-13,16-17H2,1-4H3/b6-5+. The topological polar surface area (TPSA) is 0 Å². The zero-order chi connectivity index (χ0) is 17.2. The first kappa shape index (κ1) is 17.9. The molecule has 1 aromatic carbocycles. The summed E-state index contributed by atoms with van der Waals surface area (Å²) in [5.74, 6) is 0. The van der Waals surface area contributed by atoms with Crippen molar-refractivity contribution in [1.29, 1.82) is 0 Å². The van der Waals surface area contributed by atoms with E-state index in [9.17, 15) is 0 Å². The molecule has 130 valence electrons. The molecular formula is C22H34Si2. The lowest BCUT2D eigenvalue weighted by Gasteiger charge is -2.29.